The summed E-state index contributed by atoms with van der Waals surface area (Å²) < 4.78 is 13.2. The van der Waals surface area contributed by atoms with Crippen LogP contribution >= 0.6 is 46.3 Å². The molecule has 0 aliphatic heterocycles. The van der Waals surface area contributed by atoms with Crippen molar-refractivity contribution in [2.75, 3.05) is 6.61 Å². The monoisotopic (exact) mass is 366 g/mol. The molecule has 3 nitrogen and oxygen atoms in total. The van der Waals surface area contributed by atoms with E-state index in [-0.39, 0.29) is 22.9 Å². The van der Waals surface area contributed by atoms with Crippen LogP contribution in [0.25, 0.3) is 0 Å². The molecule has 0 aliphatic carbocycles. The van der Waals surface area contributed by atoms with E-state index in [4.69, 9.17) is 34.0 Å². The fraction of sp³-hybridized carbons (Fsp3) is 0.308. The van der Waals surface area contributed by atoms with E-state index in [1.54, 1.807) is 17.6 Å². The molecule has 0 saturated heterocycles. The van der Waals surface area contributed by atoms with Gasteiger partial charge in [-0.05, 0) is 24.6 Å². The lowest BCUT2D eigenvalue weighted by Crippen LogP contribution is -2.26. The van der Waals surface area contributed by atoms with Crippen LogP contribution in [-0.2, 0) is 0 Å². The van der Waals surface area contributed by atoms with Crippen LogP contribution in [0.1, 0.15) is 16.5 Å². The minimum Gasteiger partial charge on any atom is -0.395 e. The van der Waals surface area contributed by atoms with Gasteiger partial charge in [0.1, 0.15) is 11.0 Å². The number of benzene rings is 1. The van der Waals surface area contributed by atoms with Gasteiger partial charge in [0.25, 0.3) is 0 Å². The van der Waals surface area contributed by atoms with Crippen molar-refractivity contribution in [2.45, 2.75) is 22.6 Å². The minimum absolute atomic E-state index is 0.0700. The van der Waals surface area contributed by atoms with E-state index < -0.39 is 5.82 Å². The first-order valence-electron chi connectivity index (χ1n) is 6.08. The third kappa shape index (κ3) is 4.55. The summed E-state index contributed by atoms with van der Waals surface area (Å²) in [6, 6.07) is 4.17. The Morgan fingerprint density at radius 2 is 2.19 bits per heavy atom. The highest BCUT2D eigenvalue weighted by Gasteiger charge is 2.22. The molecule has 3 N–H and O–H groups in total. The first-order valence-corrected chi connectivity index (χ1v) is 8.59. The highest BCUT2D eigenvalue weighted by atomic mass is 35.5. The molecule has 0 unspecified atom stereocenters. The zero-order chi connectivity index (χ0) is 15.4. The van der Waals surface area contributed by atoms with Crippen LogP contribution in [0.2, 0.25) is 10.2 Å². The SMILES string of the molecule is N[C@H](CO)C[C@@H](Sc1ccc(F)c(Cl)c1)c1scnc1Cl. The van der Waals surface area contributed by atoms with Crippen LogP contribution in [0.4, 0.5) is 4.39 Å². The van der Waals surface area contributed by atoms with Crippen molar-refractivity contribution in [3.05, 3.63) is 44.6 Å². The van der Waals surface area contributed by atoms with E-state index in [2.05, 4.69) is 4.98 Å². The number of thiazole rings is 1. The molecule has 0 fully saturated rings. The van der Waals surface area contributed by atoms with Crippen molar-refractivity contribution >= 4 is 46.3 Å². The minimum atomic E-state index is -0.458. The molecule has 0 saturated carbocycles. The molecule has 0 aliphatic rings. The quantitative estimate of drug-likeness (QED) is 0.754. The maximum absolute atomic E-state index is 13.2. The fourth-order valence-corrected chi connectivity index (χ4v) is 4.61. The van der Waals surface area contributed by atoms with Crippen molar-refractivity contribution < 1.29 is 9.50 Å². The Morgan fingerprint density at radius 3 is 2.76 bits per heavy atom. The Labute approximate surface area is 140 Å². The second-order valence-electron chi connectivity index (χ2n) is 4.37. The maximum atomic E-state index is 13.2. The topological polar surface area (TPSA) is 59.1 Å². The summed E-state index contributed by atoms with van der Waals surface area (Å²) >= 11 is 14.8. The van der Waals surface area contributed by atoms with Crippen molar-refractivity contribution in [3.63, 3.8) is 0 Å². The summed E-state index contributed by atoms with van der Waals surface area (Å²) in [5.74, 6) is -0.458. The van der Waals surface area contributed by atoms with Crippen LogP contribution in [0.15, 0.2) is 28.6 Å². The number of aliphatic hydroxyl groups excluding tert-OH is 1. The summed E-state index contributed by atoms with van der Waals surface area (Å²) in [5, 5.41) is 9.57. The first-order chi connectivity index (χ1) is 10.0. The number of aliphatic hydroxyl groups is 1. The van der Waals surface area contributed by atoms with Gasteiger partial charge in [-0.1, -0.05) is 23.2 Å². The molecule has 2 atom stereocenters. The van der Waals surface area contributed by atoms with E-state index in [0.717, 1.165) is 9.77 Å². The molecule has 21 heavy (non-hydrogen) atoms. The molecule has 0 amide bonds. The second kappa shape index (κ2) is 7.76. The van der Waals surface area contributed by atoms with Crippen LogP contribution in [-0.4, -0.2) is 22.7 Å². The molecular formula is C13H13Cl2FN2OS2. The first kappa shape index (κ1) is 17.0. The molecule has 0 spiro atoms. The fourth-order valence-electron chi connectivity index (χ4n) is 1.72. The van der Waals surface area contributed by atoms with Crippen molar-refractivity contribution in [3.8, 4) is 0 Å². The van der Waals surface area contributed by atoms with Crippen LogP contribution in [0.5, 0.6) is 0 Å². The molecule has 1 aromatic carbocycles. The summed E-state index contributed by atoms with van der Waals surface area (Å²) in [5.41, 5.74) is 7.49. The van der Waals surface area contributed by atoms with E-state index in [1.165, 1.54) is 29.2 Å². The Balaban J connectivity index is 2.23. The van der Waals surface area contributed by atoms with E-state index >= 15 is 0 Å². The number of rotatable bonds is 6. The van der Waals surface area contributed by atoms with Gasteiger partial charge in [-0.25, -0.2) is 9.37 Å². The number of nitrogens with two attached hydrogens (primary N) is 1. The lowest BCUT2D eigenvalue weighted by atomic mass is 10.1. The van der Waals surface area contributed by atoms with E-state index in [1.807, 2.05) is 0 Å². The van der Waals surface area contributed by atoms with Gasteiger partial charge < -0.3 is 10.8 Å². The number of thioether (sulfide) groups is 1. The normalized spacial score (nSPS) is 14.1. The largest absolute Gasteiger partial charge is 0.395 e. The Bertz CT molecular complexity index is 612. The predicted octanol–water partition coefficient (Wildman–Crippen LogP) is 4.13. The van der Waals surface area contributed by atoms with E-state index in [0.29, 0.717) is 11.6 Å². The van der Waals surface area contributed by atoms with Gasteiger partial charge >= 0.3 is 0 Å². The average molecular weight is 367 g/mol. The standard InChI is InChI=1S/C13H13Cl2FN2OS2/c14-9-4-8(1-2-10(9)16)21-11(3-7(17)5-19)12-13(15)18-6-20-12/h1-2,4,6-7,11,19H,3,5,17H2/t7-,11+/m0/s1. The van der Waals surface area contributed by atoms with Gasteiger partial charge in [0, 0.05) is 16.2 Å². The van der Waals surface area contributed by atoms with Gasteiger partial charge in [-0.2, -0.15) is 0 Å². The molecule has 2 aromatic rings. The Morgan fingerprint density at radius 1 is 1.43 bits per heavy atom. The summed E-state index contributed by atoms with van der Waals surface area (Å²) in [6.07, 6.45) is 0.526. The zero-order valence-corrected chi connectivity index (χ0v) is 13.9. The van der Waals surface area contributed by atoms with E-state index in [9.17, 15) is 4.39 Å². The molecule has 1 heterocycles. The lowest BCUT2D eigenvalue weighted by molar-refractivity contribution is 0.260. The van der Waals surface area contributed by atoms with Gasteiger partial charge in [0.2, 0.25) is 0 Å². The molecule has 1 aromatic heterocycles. The second-order valence-corrected chi connectivity index (χ2v) is 7.30. The van der Waals surface area contributed by atoms with Crippen molar-refractivity contribution in [2.24, 2.45) is 5.73 Å². The summed E-state index contributed by atoms with van der Waals surface area (Å²) in [6.45, 7) is -0.113. The zero-order valence-electron chi connectivity index (χ0n) is 10.8. The summed E-state index contributed by atoms with van der Waals surface area (Å²) in [7, 11) is 0. The molecule has 0 bridgehead atoms. The third-order valence-corrected chi connectivity index (χ3v) is 5.80. The molecular weight excluding hydrogens is 354 g/mol. The predicted molar refractivity (Wildman–Crippen MR) is 86.8 cm³/mol. The smallest absolute Gasteiger partial charge is 0.144 e. The molecule has 0 radical (unpaired) electrons. The molecule has 114 valence electrons. The molecule has 8 heteroatoms. The van der Waals surface area contributed by atoms with Gasteiger partial charge in [0.15, 0.2) is 0 Å². The number of hydrogen-bond acceptors (Lipinski definition) is 5. The highest BCUT2D eigenvalue weighted by Crippen LogP contribution is 2.43. The lowest BCUT2D eigenvalue weighted by Gasteiger charge is -2.18. The van der Waals surface area contributed by atoms with Crippen LogP contribution in [0, 0.1) is 5.82 Å². The van der Waals surface area contributed by atoms with Gasteiger partial charge in [-0.15, -0.1) is 23.1 Å². The van der Waals surface area contributed by atoms with Gasteiger partial charge in [-0.3, -0.25) is 0 Å². The van der Waals surface area contributed by atoms with Gasteiger partial charge in [0.05, 0.1) is 22.0 Å². The Hall–Kier alpha value is -0.370. The summed E-state index contributed by atoms with van der Waals surface area (Å²) in [4.78, 5) is 5.71. The number of halogens is 3. The number of nitrogens with zero attached hydrogens (tertiary/aromatic N) is 1. The highest BCUT2D eigenvalue weighted by molar-refractivity contribution is 7.99. The van der Waals surface area contributed by atoms with Crippen molar-refractivity contribution in [1.82, 2.24) is 4.98 Å². The van der Waals surface area contributed by atoms with Crippen LogP contribution in [0.3, 0.4) is 0 Å². The maximum Gasteiger partial charge on any atom is 0.144 e. The Kier molecular flexibility index (Phi) is 6.28. The van der Waals surface area contributed by atoms with Crippen molar-refractivity contribution in [1.29, 1.82) is 0 Å². The third-order valence-electron chi connectivity index (χ3n) is 2.76. The number of aromatic nitrogens is 1. The number of hydrogen-bond donors (Lipinski definition) is 2. The average Bonchev–Trinajstić information content (AvgIpc) is 2.88. The van der Waals surface area contributed by atoms with Crippen LogP contribution < -0.4 is 5.73 Å². The molecule has 2 rings (SSSR count).